The average Bonchev–Trinajstić information content (AvgIpc) is 2.15. The van der Waals surface area contributed by atoms with Crippen molar-refractivity contribution in [1.29, 1.82) is 5.26 Å². The van der Waals surface area contributed by atoms with Crippen LogP contribution in [0.25, 0.3) is 0 Å². The Balaban J connectivity index is 3.13. The number of benzene rings is 1. The van der Waals surface area contributed by atoms with Gasteiger partial charge in [0.1, 0.15) is 18.4 Å². The van der Waals surface area contributed by atoms with E-state index in [1.807, 2.05) is 26.0 Å². The van der Waals surface area contributed by atoms with E-state index in [2.05, 4.69) is 12.6 Å². The highest BCUT2D eigenvalue weighted by Crippen LogP contribution is 2.24. The van der Waals surface area contributed by atoms with Gasteiger partial charge in [0.2, 0.25) is 0 Å². The molecule has 0 atom stereocenters. The molecule has 0 aliphatic carbocycles. The molecule has 0 fully saturated rings. The first-order valence-corrected chi connectivity index (χ1v) is 4.44. The standard InChI is InChI=1S/C12H13NO/c1-4-5-14-12-10(3)6-9(2)7-11(12)8-13/h4,6-7H,1,5H2,2-3H3. The number of hydrogen-bond donors (Lipinski definition) is 0. The largest absolute Gasteiger partial charge is 0.488 e. The number of ether oxygens (including phenoxy) is 1. The van der Waals surface area contributed by atoms with Crippen LogP contribution in [0.15, 0.2) is 24.8 Å². The van der Waals surface area contributed by atoms with Crippen LogP contribution < -0.4 is 4.74 Å². The van der Waals surface area contributed by atoms with Gasteiger partial charge in [0.05, 0.1) is 5.56 Å². The summed E-state index contributed by atoms with van der Waals surface area (Å²) in [4.78, 5) is 0. The summed E-state index contributed by atoms with van der Waals surface area (Å²) < 4.78 is 5.42. The maximum atomic E-state index is 8.91. The van der Waals surface area contributed by atoms with Crippen LogP contribution in [0.3, 0.4) is 0 Å². The minimum Gasteiger partial charge on any atom is -0.488 e. The predicted octanol–water partition coefficient (Wildman–Crippen LogP) is 2.74. The monoisotopic (exact) mass is 187 g/mol. The van der Waals surface area contributed by atoms with E-state index in [1.165, 1.54) is 0 Å². The SMILES string of the molecule is C=CCOc1c(C)cc(C)cc1C#N. The summed E-state index contributed by atoms with van der Waals surface area (Å²) in [6, 6.07) is 5.95. The maximum absolute atomic E-state index is 8.91. The fraction of sp³-hybridized carbons (Fsp3) is 0.250. The van der Waals surface area contributed by atoms with Gasteiger partial charge in [-0.25, -0.2) is 0 Å². The molecule has 0 aliphatic heterocycles. The van der Waals surface area contributed by atoms with Crippen molar-refractivity contribution >= 4 is 0 Å². The van der Waals surface area contributed by atoms with Crippen molar-refractivity contribution in [3.8, 4) is 11.8 Å². The summed E-state index contributed by atoms with van der Waals surface area (Å²) >= 11 is 0. The molecule has 0 heterocycles. The zero-order chi connectivity index (χ0) is 10.6. The minimum absolute atomic E-state index is 0.429. The molecule has 0 N–H and O–H groups in total. The van der Waals surface area contributed by atoms with Gasteiger partial charge in [0.25, 0.3) is 0 Å². The summed E-state index contributed by atoms with van der Waals surface area (Å²) in [5.41, 5.74) is 2.65. The second-order valence-corrected chi connectivity index (χ2v) is 3.17. The lowest BCUT2D eigenvalue weighted by atomic mass is 10.1. The second kappa shape index (κ2) is 4.48. The van der Waals surface area contributed by atoms with Crippen LogP contribution in [0, 0.1) is 25.2 Å². The summed E-state index contributed by atoms with van der Waals surface area (Å²) in [6.45, 7) is 7.90. The highest BCUT2D eigenvalue weighted by molar-refractivity contribution is 5.50. The lowest BCUT2D eigenvalue weighted by molar-refractivity contribution is 0.359. The highest BCUT2D eigenvalue weighted by atomic mass is 16.5. The van der Waals surface area contributed by atoms with E-state index < -0.39 is 0 Å². The molecule has 0 amide bonds. The van der Waals surface area contributed by atoms with Gasteiger partial charge in [0.15, 0.2) is 0 Å². The molecule has 14 heavy (non-hydrogen) atoms. The first-order valence-electron chi connectivity index (χ1n) is 4.44. The Bertz CT molecular complexity index is 388. The zero-order valence-corrected chi connectivity index (χ0v) is 8.50. The Morgan fingerprint density at radius 3 is 2.79 bits per heavy atom. The van der Waals surface area contributed by atoms with Crippen LogP contribution >= 0.6 is 0 Å². The van der Waals surface area contributed by atoms with Crippen molar-refractivity contribution in [2.24, 2.45) is 0 Å². The van der Waals surface area contributed by atoms with Crippen molar-refractivity contribution in [3.63, 3.8) is 0 Å². The van der Waals surface area contributed by atoms with Gasteiger partial charge in [-0.2, -0.15) is 5.26 Å². The number of nitriles is 1. The smallest absolute Gasteiger partial charge is 0.140 e. The van der Waals surface area contributed by atoms with Crippen molar-refractivity contribution in [3.05, 3.63) is 41.5 Å². The summed E-state index contributed by atoms with van der Waals surface area (Å²) in [6.07, 6.45) is 1.67. The molecule has 0 saturated heterocycles. The highest BCUT2D eigenvalue weighted by Gasteiger charge is 2.06. The van der Waals surface area contributed by atoms with E-state index in [0.717, 1.165) is 11.1 Å². The molecule has 0 aromatic heterocycles. The molecule has 0 unspecified atom stereocenters. The van der Waals surface area contributed by atoms with E-state index in [1.54, 1.807) is 6.08 Å². The lowest BCUT2D eigenvalue weighted by Gasteiger charge is -2.09. The third-order valence-electron chi connectivity index (χ3n) is 1.88. The molecule has 0 saturated carbocycles. The molecular formula is C12H13NO. The third-order valence-corrected chi connectivity index (χ3v) is 1.88. The normalized spacial score (nSPS) is 9.21. The van der Waals surface area contributed by atoms with Crippen molar-refractivity contribution in [2.45, 2.75) is 13.8 Å². The Labute approximate surface area is 84.4 Å². The Kier molecular flexibility index (Phi) is 3.30. The summed E-state index contributed by atoms with van der Waals surface area (Å²) in [5.74, 6) is 0.665. The topological polar surface area (TPSA) is 33.0 Å². The number of rotatable bonds is 3. The van der Waals surface area contributed by atoms with E-state index in [4.69, 9.17) is 10.00 Å². The molecule has 2 nitrogen and oxygen atoms in total. The Morgan fingerprint density at radius 2 is 2.21 bits per heavy atom. The summed E-state index contributed by atoms with van der Waals surface area (Å²) in [5, 5.41) is 8.91. The van der Waals surface area contributed by atoms with Gasteiger partial charge in [0, 0.05) is 0 Å². The van der Waals surface area contributed by atoms with Crippen LogP contribution in [-0.2, 0) is 0 Å². The first-order chi connectivity index (χ1) is 6.69. The van der Waals surface area contributed by atoms with Crippen molar-refractivity contribution < 1.29 is 4.74 Å². The lowest BCUT2D eigenvalue weighted by Crippen LogP contribution is -1.98. The van der Waals surface area contributed by atoms with Crippen LogP contribution in [0.4, 0.5) is 0 Å². The van der Waals surface area contributed by atoms with Crippen LogP contribution in [0.2, 0.25) is 0 Å². The Hall–Kier alpha value is -1.75. The second-order valence-electron chi connectivity index (χ2n) is 3.17. The van der Waals surface area contributed by atoms with Gasteiger partial charge in [-0.15, -0.1) is 0 Å². The molecule has 72 valence electrons. The average molecular weight is 187 g/mol. The molecule has 1 aromatic rings. The molecular weight excluding hydrogens is 174 g/mol. The van der Waals surface area contributed by atoms with Gasteiger partial charge in [-0.1, -0.05) is 18.7 Å². The van der Waals surface area contributed by atoms with Crippen molar-refractivity contribution in [2.75, 3.05) is 6.61 Å². The van der Waals surface area contributed by atoms with E-state index in [-0.39, 0.29) is 0 Å². The third kappa shape index (κ3) is 2.14. The number of aryl methyl sites for hydroxylation is 2. The maximum Gasteiger partial charge on any atom is 0.140 e. The minimum atomic E-state index is 0.429. The van der Waals surface area contributed by atoms with E-state index >= 15 is 0 Å². The predicted molar refractivity (Wildman–Crippen MR) is 56.3 cm³/mol. The van der Waals surface area contributed by atoms with Crippen molar-refractivity contribution in [1.82, 2.24) is 0 Å². The van der Waals surface area contributed by atoms with Gasteiger partial charge < -0.3 is 4.74 Å². The number of nitrogens with zero attached hydrogens (tertiary/aromatic N) is 1. The zero-order valence-electron chi connectivity index (χ0n) is 8.50. The quantitative estimate of drug-likeness (QED) is 0.681. The van der Waals surface area contributed by atoms with Gasteiger partial charge in [-0.05, 0) is 31.0 Å². The molecule has 2 heteroatoms. The van der Waals surface area contributed by atoms with Crippen LogP contribution in [0.5, 0.6) is 5.75 Å². The van der Waals surface area contributed by atoms with E-state index in [9.17, 15) is 0 Å². The fourth-order valence-electron chi connectivity index (χ4n) is 1.37. The molecule has 0 spiro atoms. The van der Waals surface area contributed by atoms with Crippen LogP contribution in [0.1, 0.15) is 16.7 Å². The van der Waals surface area contributed by atoms with E-state index in [0.29, 0.717) is 17.9 Å². The van der Waals surface area contributed by atoms with Gasteiger partial charge >= 0.3 is 0 Å². The summed E-state index contributed by atoms with van der Waals surface area (Å²) in [7, 11) is 0. The number of hydrogen-bond acceptors (Lipinski definition) is 2. The molecule has 0 radical (unpaired) electrons. The molecule has 0 bridgehead atoms. The molecule has 0 aliphatic rings. The Morgan fingerprint density at radius 1 is 1.50 bits per heavy atom. The molecule has 1 rings (SSSR count). The first kappa shape index (κ1) is 10.3. The van der Waals surface area contributed by atoms with Crippen LogP contribution in [-0.4, -0.2) is 6.61 Å². The van der Waals surface area contributed by atoms with Gasteiger partial charge in [-0.3, -0.25) is 0 Å². The fourth-order valence-corrected chi connectivity index (χ4v) is 1.37. The molecule has 1 aromatic carbocycles.